The fraction of sp³-hybridized carbons (Fsp3) is 0.133. The fourth-order valence-electron chi connectivity index (χ4n) is 1.79. The molecule has 0 bridgehead atoms. The molecule has 86 valence electrons. The molecule has 0 aliphatic rings. The zero-order valence-electron chi connectivity index (χ0n) is 9.60. The second kappa shape index (κ2) is 5.41. The molecule has 0 radical (unpaired) electrons. The third kappa shape index (κ3) is 3.02. The molecule has 0 unspecified atom stereocenters. The molecule has 0 atom stereocenters. The summed E-state index contributed by atoms with van der Waals surface area (Å²) in [7, 11) is 0. The number of hydrogen-bond acceptors (Lipinski definition) is 2. The predicted octanol–water partition coefficient (Wildman–Crippen LogP) is 2.42. The third-order valence-electron chi connectivity index (χ3n) is 2.66. The summed E-state index contributed by atoms with van der Waals surface area (Å²) >= 11 is 0. The van der Waals surface area contributed by atoms with Crippen molar-refractivity contribution >= 4 is 5.78 Å². The number of carbonyl (C=O) groups excluding carboxylic acids is 1. The van der Waals surface area contributed by atoms with Crippen molar-refractivity contribution in [2.45, 2.75) is 6.42 Å². The summed E-state index contributed by atoms with van der Waals surface area (Å²) in [6.07, 6.45) is 0.414. The first-order chi connectivity index (χ1) is 8.29. The van der Waals surface area contributed by atoms with E-state index in [0.29, 0.717) is 6.42 Å². The molecule has 17 heavy (non-hydrogen) atoms. The van der Waals surface area contributed by atoms with Crippen LogP contribution < -0.4 is 5.73 Å². The highest BCUT2D eigenvalue weighted by molar-refractivity contribution is 5.83. The van der Waals surface area contributed by atoms with Gasteiger partial charge in [-0.15, -0.1) is 0 Å². The van der Waals surface area contributed by atoms with E-state index in [1.165, 1.54) is 0 Å². The van der Waals surface area contributed by atoms with E-state index in [9.17, 15) is 4.79 Å². The molecule has 0 heterocycles. The first-order valence-corrected chi connectivity index (χ1v) is 5.66. The molecule has 2 heteroatoms. The maximum absolute atomic E-state index is 11.3. The summed E-state index contributed by atoms with van der Waals surface area (Å²) in [5.41, 5.74) is 8.63. The lowest BCUT2D eigenvalue weighted by Crippen LogP contribution is -2.15. The van der Waals surface area contributed by atoms with Crippen LogP contribution in [0.1, 0.15) is 5.56 Å². The van der Waals surface area contributed by atoms with Gasteiger partial charge in [-0.25, -0.2) is 0 Å². The molecular weight excluding hydrogens is 210 g/mol. The highest BCUT2D eigenvalue weighted by Crippen LogP contribution is 2.20. The Morgan fingerprint density at radius 3 is 2.35 bits per heavy atom. The second-order valence-electron chi connectivity index (χ2n) is 3.99. The van der Waals surface area contributed by atoms with Gasteiger partial charge in [0.1, 0.15) is 0 Å². The molecule has 0 aliphatic heterocycles. The van der Waals surface area contributed by atoms with Crippen LogP contribution in [0.5, 0.6) is 0 Å². The van der Waals surface area contributed by atoms with Crippen molar-refractivity contribution in [3.8, 4) is 11.1 Å². The van der Waals surface area contributed by atoms with Crippen LogP contribution in [-0.4, -0.2) is 12.3 Å². The molecular formula is C15H15NO. The van der Waals surface area contributed by atoms with Crippen LogP contribution in [0.3, 0.4) is 0 Å². The maximum atomic E-state index is 11.3. The van der Waals surface area contributed by atoms with Crippen LogP contribution in [-0.2, 0) is 11.2 Å². The number of rotatable bonds is 4. The minimum atomic E-state index is 0.0650. The molecule has 2 nitrogen and oxygen atoms in total. The molecule has 2 aromatic carbocycles. The highest BCUT2D eigenvalue weighted by atomic mass is 16.1. The normalized spacial score (nSPS) is 10.2. The topological polar surface area (TPSA) is 43.1 Å². The van der Waals surface area contributed by atoms with Crippen molar-refractivity contribution in [1.29, 1.82) is 0 Å². The maximum Gasteiger partial charge on any atom is 0.150 e. The average Bonchev–Trinajstić information content (AvgIpc) is 2.40. The van der Waals surface area contributed by atoms with E-state index in [-0.39, 0.29) is 12.3 Å². The monoisotopic (exact) mass is 225 g/mol. The van der Waals surface area contributed by atoms with Crippen LogP contribution >= 0.6 is 0 Å². The van der Waals surface area contributed by atoms with Crippen LogP contribution in [0.25, 0.3) is 11.1 Å². The number of Topliss-reactive ketones (excluding diaryl/α,β-unsaturated/α-hetero) is 1. The van der Waals surface area contributed by atoms with E-state index in [2.05, 4.69) is 12.1 Å². The van der Waals surface area contributed by atoms with Gasteiger partial charge in [-0.05, 0) is 16.7 Å². The standard InChI is InChI=1S/C15H15NO/c16-11-15(17)10-12-5-4-8-14(9-12)13-6-2-1-3-7-13/h1-9H,10-11,16H2. The van der Waals surface area contributed by atoms with Gasteiger partial charge in [0.25, 0.3) is 0 Å². The lowest BCUT2D eigenvalue weighted by atomic mass is 10.0. The predicted molar refractivity (Wildman–Crippen MR) is 69.6 cm³/mol. The zero-order chi connectivity index (χ0) is 12.1. The molecule has 2 rings (SSSR count). The number of nitrogens with two attached hydrogens (primary N) is 1. The zero-order valence-corrected chi connectivity index (χ0v) is 9.60. The Morgan fingerprint density at radius 1 is 0.941 bits per heavy atom. The molecule has 0 fully saturated rings. The SMILES string of the molecule is NCC(=O)Cc1cccc(-c2ccccc2)c1. The van der Waals surface area contributed by atoms with E-state index >= 15 is 0 Å². The van der Waals surface area contributed by atoms with Gasteiger partial charge in [-0.2, -0.15) is 0 Å². The van der Waals surface area contributed by atoms with Crippen molar-refractivity contribution in [2.24, 2.45) is 5.73 Å². The summed E-state index contributed by atoms with van der Waals surface area (Å²) in [5.74, 6) is 0.0650. The Balaban J connectivity index is 2.26. The van der Waals surface area contributed by atoms with Gasteiger partial charge in [0.2, 0.25) is 0 Å². The molecule has 2 N–H and O–H groups in total. The van der Waals surface area contributed by atoms with Gasteiger partial charge >= 0.3 is 0 Å². The van der Waals surface area contributed by atoms with Crippen molar-refractivity contribution in [2.75, 3.05) is 6.54 Å². The minimum absolute atomic E-state index is 0.0650. The van der Waals surface area contributed by atoms with Crippen molar-refractivity contribution < 1.29 is 4.79 Å². The quantitative estimate of drug-likeness (QED) is 0.868. The average molecular weight is 225 g/mol. The molecule has 0 aliphatic carbocycles. The largest absolute Gasteiger partial charge is 0.324 e. The smallest absolute Gasteiger partial charge is 0.150 e. The van der Waals surface area contributed by atoms with Gasteiger partial charge in [-0.1, -0.05) is 54.6 Å². The van der Waals surface area contributed by atoms with Gasteiger partial charge < -0.3 is 5.73 Å². The molecule has 0 aromatic heterocycles. The first-order valence-electron chi connectivity index (χ1n) is 5.66. The van der Waals surface area contributed by atoms with Crippen LogP contribution in [0.2, 0.25) is 0 Å². The molecule has 2 aromatic rings. The summed E-state index contributed by atoms with van der Waals surface area (Å²) in [6.45, 7) is 0.107. The summed E-state index contributed by atoms with van der Waals surface area (Å²) in [4.78, 5) is 11.3. The van der Waals surface area contributed by atoms with Gasteiger partial charge in [0.05, 0.1) is 6.54 Å². The number of ketones is 1. The number of hydrogen-bond donors (Lipinski definition) is 1. The Kier molecular flexibility index (Phi) is 3.68. The Bertz CT molecular complexity index is 505. The number of carbonyl (C=O) groups is 1. The summed E-state index contributed by atoms with van der Waals surface area (Å²) < 4.78 is 0. The lowest BCUT2D eigenvalue weighted by Gasteiger charge is -2.04. The van der Waals surface area contributed by atoms with Gasteiger partial charge in [-0.3, -0.25) is 4.79 Å². The Morgan fingerprint density at radius 2 is 1.65 bits per heavy atom. The highest BCUT2D eigenvalue weighted by Gasteiger charge is 2.03. The molecule has 0 spiro atoms. The van der Waals surface area contributed by atoms with E-state index in [1.807, 2.05) is 42.5 Å². The third-order valence-corrected chi connectivity index (χ3v) is 2.66. The lowest BCUT2D eigenvalue weighted by molar-refractivity contribution is -0.117. The fourth-order valence-corrected chi connectivity index (χ4v) is 1.79. The van der Waals surface area contributed by atoms with Crippen molar-refractivity contribution in [3.63, 3.8) is 0 Å². The van der Waals surface area contributed by atoms with E-state index in [4.69, 9.17) is 5.73 Å². The van der Waals surface area contributed by atoms with Gasteiger partial charge in [0.15, 0.2) is 5.78 Å². The molecule has 0 amide bonds. The summed E-state index contributed by atoms with van der Waals surface area (Å²) in [5, 5.41) is 0. The second-order valence-corrected chi connectivity index (χ2v) is 3.99. The number of benzene rings is 2. The van der Waals surface area contributed by atoms with E-state index in [1.54, 1.807) is 0 Å². The van der Waals surface area contributed by atoms with E-state index < -0.39 is 0 Å². The minimum Gasteiger partial charge on any atom is -0.324 e. The molecule has 0 saturated heterocycles. The first kappa shape index (κ1) is 11.6. The summed E-state index contributed by atoms with van der Waals surface area (Å²) in [6, 6.07) is 18.1. The Labute approximate surface area is 101 Å². The molecule has 0 saturated carbocycles. The van der Waals surface area contributed by atoms with E-state index in [0.717, 1.165) is 16.7 Å². The van der Waals surface area contributed by atoms with Crippen molar-refractivity contribution in [3.05, 3.63) is 60.2 Å². The van der Waals surface area contributed by atoms with Crippen LogP contribution in [0, 0.1) is 0 Å². The van der Waals surface area contributed by atoms with Crippen molar-refractivity contribution in [1.82, 2.24) is 0 Å². The Hall–Kier alpha value is -1.93. The van der Waals surface area contributed by atoms with Crippen LogP contribution in [0.15, 0.2) is 54.6 Å². The van der Waals surface area contributed by atoms with Gasteiger partial charge in [0, 0.05) is 6.42 Å². The van der Waals surface area contributed by atoms with Crippen LogP contribution in [0.4, 0.5) is 0 Å².